The van der Waals surface area contributed by atoms with Crippen LogP contribution in [-0.4, -0.2) is 60.3 Å². The predicted octanol–water partition coefficient (Wildman–Crippen LogP) is 3.98. The van der Waals surface area contributed by atoms with E-state index in [1.54, 1.807) is 9.91 Å². The van der Waals surface area contributed by atoms with Crippen molar-refractivity contribution < 1.29 is 19.1 Å². The van der Waals surface area contributed by atoms with E-state index in [0.717, 1.165) is 16.8 Å². The first-order valence-electron chi connectivity index (χ1n) is 11.3. The monoisotopic (exact) mass is 475 g/mol. The van der Waals surface area contributed by atoms with Crippen LogP contribution in [0, 0.1) is 0 Å². The number of amides is 2. The average Bonchev–Trinajstić information content (AvgIpc) is 3.59. The van der Waals surface area contributed by atoms with Gasteiger partial charge in [-0.1, -0.05) is 48.5 Å². The molecule has 0 unspecified atom stereocenters. The summed E-state index contributed by atoms with van der Waals surface area (Å²) in [5, 5.41) is 8.20. The van der Waals surface area contributed by atoms with Crippen LogP contribution in [0.5, 0.6) is 5.75 Å². The molecule has 174 valence electrons. The van der Waals surface area contributed by atoms with Crippen molar-refractivity contribution in [2.75, 3.05) is 32.9 Å². The molecule has 3 heterocycles. The van der Waals surface area contributed by atoms with E-state index in [2.05, 4.69) is 0 Å². The van der Waals surface area contributed by atoms with Crippen LogP contribution in [0.25, 0.3) is 0 Å². The van der Waals surface area contributed by atoms with Gasteiger partial charge in [-0.15, -0.1) is 11.3 Å². The standard InChI is InChI=1S/C26H25N3O4S/c30-25(28-12-14-32-15-13-28)18-33-21-10-8-20(9-11-21)23-17-22(19-5-2-1-3-6-19)27-29(23)26(31)24-7-4-16-34-24/h1-11,16,23H,12-15,17-18H2/t23-/m1/s1. The Bertz CT molecular complexity index is 1160. The molecule has 1 saturated heterocycles. The number of benzene rings is 2. The van der Waals surface area contributed by atoms with E-state index in [4.69, 9.17) is 14.6 Å². The Morgan fingerprint density at radius 2 is 1.76 bits per heavy atom. The lowest BCUT2D eigenvalue weighted by atomic mass is 9.98. The van der Waals surface area contributed by atoms with Crippen LogP contribution in [0.2, 0.25) is 0 Å². The summed E-state index contributed by atoms with van der Waals surface area (Å²) in [5.41, 5.74) is 2.86. The van der Waals surface area contributed by atoms with Gasteiger partial charge in [0.25, 0.3) is 11.8 Å². The molecule has 0 radical (unpaired) electrons. The molecule has 5 rings (SSSR count). The molecule has 2 aliphatic rings. The van der Waals surface area contributed by atoms with E-state index in [1.807, 2.05) is 72.1 Å². The Morgan fingerprint density at radius 1 is 1.00 bits per heavy atom. The van der Waals surface area contributed by atoms with E-state index in [0.29, 0.717) is 43.4 Å². The van der Waals surface area contributed by atoms with Gasteiger partial charge in [-0.05, 0) is 34.7 Å². The van der Waals surface area contributed by atoms with Crippen LogP contribution in [0.3, 0.4) is 0 Å². The Labute approximate surface area is 202 Å². The minimum atomic E-state index is -0.214. The molecule has 0 N–H and O–H groups in total. The lowest BCUT2D eigenvalue weighted by Crippen LogP contribution is -2.42. The van der Waals surface area contributed by atoms with Crippen LogP contribution in [0.4, 0.5) is 0 Å². The fourth-order valence-corrected chi connectivity index (χ4v) is 4.77. The van der Waals surface area contributed by atoms with E-state index in [-0.39, 0.29) is 24.5 Å². The number of hydrogen-bond acceptors (Lipinski definition) is 6. The summed E-state index contributed by atoms with van der Waals surface area (Å²) < 4.78 is 11.0. The normalized spacial score (nSPS) is 18.0. The highest BCUT2D eigenvalue weighted by molar-refractivity contribution is 7.12. The quantitative estimate of drug-likeness (QED) is 0.541. The number of hydrogen-bond donors (Lipinski definition) is 0. The second-order valence-electron chi connectivity index (χ2n) is 8.11. The van der Waals surface area contributed by atoms with Gasteiger partial charge in [0, 0.05) is 19.5 Å². The minimum absolute atomic E-state index is 0.00691. The second kappa shape index (κ2) is 10.2. The summed E-state index contributed by atoms with van der Waals surface area (Å²) in [6, 6.07) is 21.0. The molecule has 0 spiro atoms. The van der Waals surface area contributed by atoms with Gasteiger partial charge in [0.1, 0.15) is 5.75 Å². The molecule has 34 heavy (non-hydrogen) atoms. The molecule has 1 aromatic heterocycles. The van der Waals surface area contributed by atoms with E-state index in [9.17, 15) is 9.59 Å². The molecule has 3 aromatic rings. The van der Waals surface area contributed by atoms with Crippen molar-refractivity contribution in [2.24, 2.45) is 5.10 Å². The Kier molecular flexibility index (Phi) is 6.69. The maximum absolute atomic E-state index is 13.2. The molecular formula is C26H25N3O4S. The molecular weight excluding hydrogens is 450 g/mol. The van der Waals surface area contributed by atoms with Gasteiger partial charge in [-0.25, -0.2) is 5.01 Å². The van der Waals surface area contributed by atoms with Gasteiger partial charge in [0.2, 0.25) is 0 Å². The number of carbonyl (C=O) groups is 2. The molecule has 0 bridgehead atoms. The summed E-state index contributed by atoms with van der Waals surface area (Å²) in [4.78, 5) is 28.0. The minimum Gasteiger partial charge on any atom is -0.484 e. The van der Waals surface area contributed by atoms with Gasteiger partial charge in [0.05, 0.1) is 29.8 Å². The Balaban J connectivity index is 1.31. The molecule has 0 aliphatic carbocycles. The fourth-order valence-electron chi connectivity index (χ4n) is 4.11. The first kappa shape index (κ1) is 22.3. The van der Waals surface area contributed by atoms with Crippen LogP contribution in [0.15, 0.2) is 77.2 Å². The van der Waals surface area contributed by atoms with Crippen molar-refractivity contribution in [3.8, 4) is 5.75 Å². The third kappa shape index (κ3) is 4.88. The largest absolute Gasteiger partial charge is 0.484 e. The zero-order valence-corrected chi connectivity index (χ0v) is 19.4. The number of carbonyl (C=O) groups excluding carboxylic acids is 2. The molecule has 0 saturated carbocycles. The van der Waals surface area contributed by atoms with Crippen LogP contribution < -0.4 is 4.74 Å². The summed E-state index contributed by atoms with van der Waals surface area (Å²) in [5.74, 6) is 0.461. The molecule has 2 aromatic carbocycles. The van der Waals surface area contributed by atoms with E-state index >= 15 is 0 Å². The average molecular weight is 476 g/mol. The van der Waals surface area contributed by atoms with Gasteiger partial charge in [0.15, 0.2) is 6.61 Å². The first-order valence-corrected chi connectivity index (χ1v) is 12.2. The third-order valence-electron chi connectivity index (χ3n) is 5.95. The number of rotatable bonds is 6. The summed E-state index contributed by atoms with van der Waals surface area (Å²) >= 11 is 1.41. The van der Waals surface area contributed by atoms with Crippen LogP contribution in [0.1, 0.15) is 33.3 Å². The molecule has 2 aliphatic heterocycles. The fraction of sp³-hybridized carbons (Fsp3) is 0.269. The molecule has 1 fully saturated rings. The highest BCUT2D eigenvalue weighted by atomic mass is 32.1. The maximum Gasteiger partial charge on any atom is 0.284 e. The highest BCUT2D eigenvalue weighted by Crippen LogP contribution is 2.35. The van der Waals surface area contributed by atoms with Crippen molar-refractivity contribution in [2.45, 2.75) is 12.5 Å². The van der Waals surface area contributed by atoms with Crippen molar-refractivity contribution >= 4 is 28.9 Å². The Morgan fingerprint density at radius 3 is 2.47 bits per heavy atom. The second-order valence-corrected chi connectivity index (χ2v) is 9.06. The summed E-state index contributed by atoms with van der Waals surface area (Å²) in [6.45, 7) is 2.32. The number of morpholine rings is 1. The van der Waals surface area contributed by atoms with Crippen molar-refractivity contribution in [1.29, 1.82) is 0 Å². The smallest absolute Gasteiger partial charge is 0.284 e. The van der Waals surface area contributed by atoms with Gasteiger partial charge < -0.3 is 14.4 Å². The molecule has 7 nitrogen and oxygen atoms in total. The Hall–Kier alpha value is -3.49. The number of ether oxygens (including phenoxy) is 2. The first-order chi connectivity index (χ1) is 16.7. The topological polar surface area (TPSA) is 71.4 Å². The summed E-state index contributed by atoms with van der Waals surface area (Å²) in [6.07, 6.45) is 0.622. The number of thiophene rings is 1. The predicted molar refractivity (Wildman–Crippen MR) is 130 cm³/mol. The van der Waals surface area contributed by atoms with Crippen molar-refractivity contribution in [3.63, 3.8) is 0 Å². The molecule has 8 heteroatoms. The molecule has 2 amide bonds. The number of nitrogens with zero attached hydrogens (tertiary/aromatic N) is 3. The van der Waals surface area contributed by atoms with Gasteiger partial charge in [-0.2, -0.15) is 5.10 Å². The third-order valence-corrected chi connectivity index (χ3v) is 6.81. The van der Waals surface area contributed by atoms with Gasteiger partial charge >= 0.3 is 0 Å². The van der Waals surface area contributed by atoms with E-state index in [1.165, 1.54) is 11.3 Å². The summed E-state index contributed by atoms with van der Waals surface area (Å²) in [7, 11) is 0. The van der Waals surface area contributed by atoms with Gasteiger partial charge in [-0.3, -0.25) is 9.59 Å². The highest BCUT2D eigenvalue weighted by Gasteiger charge is 2.34. The van der Waals surface area contributed by atoms with Crippen molar-refractivity contribution in [1.82, 2.24) is 9.91 Å². The van der Waals surface area contributed by atoms with Crippen LogP contribution >= 0.6 is 11.3 Å². The SMILES string of the molecule is O=C(COc1ccc([C@H]2CC(c3ccccc3)=NN2C(=O)c2cccs2)cc1)N1CCOCC1. The molecule has 1 atom stereocenters. The lowest BCUT2D eigenvalue weighted by molar-refractivity contribution is -0.137. The lowest BCUT2D eigenvalue weighted by Gasteiger charge is -2.26. The zero-order chi connectivity index (χ0) is 23.3. The van der Waals surface area contributed by atoms with Crippen molar-refractivity contribution in [3.05, 3.63) is 88.1 Å². The van der Waals surface area contributed by atoms with E-state index < -0.39 is 0 Å². The number of hydrazone groups is 1. The van der Waals surface area contributed by atoms with Crippen LogP contribution in [-0.2, 0) is 9.53 Å². The maximum atomic E-state index is 13.2. The zero-order valence-electron chi connectivity index (χ0n) is 18.6.